The molecule has 2 N–H and O–H groups in total. The summed E-state index contributed by atoms with van der Waals surface area (Å²) in [4.78, 5) is 0. The van der Waals surface area contributed by atoms with E-state index in [-0.39, 0.29) is 6.10 Å². The largest absolute Gasteiger partial charge is 0.483 e. The maximum atomic E-state index is 6.08. The van der Waals surface area contributed by atoms with Crippen molar-refractivity contribution in [2.75, 3.05) is 5.73 Å². The lowest BCUT2D eigenvalue weighted by Crippen LogP contribution is -2.04. The topological polar surface area (TPSA) is 35.2 Å². The van der Waals surface area contributed by atoms with Crippen LogP contribution < -0.4 is 10.5 Å². The normalized spacial score (nSPS) is 12.2. The molecular formula is C14H13Cl2NO. The average Bonchev–Trinajstić information content (AvgIpc) is 2.34. The molecule has 0 spiro atoms. The number of rotatable bonds is 3. The second kappa shape index (κ2) is 5.51. The highest BCUT2D eigenvalue weighted by molar-refractivity contribution is 6.37. The second-order valence-corrected chi connectivity index (χ2v) is 4.80. The third-order valence-electron chi connectivity index (χ3n) is 2.58. The molecule has 0 saturated heterocycles. The molecule has 0 heterocycles. The van der Waals surface area contributed by atoms with Crippen LogP contribution in [0.25, 0.3) is 0 Å². The molecule has 2 aromatic rings. The Morgan fingerprint density at radius 3 is 2.17 bits per heavy atom. The van der Waals surface area contributed by atoms with Gasteiger partial charge in [-0.05, 0) is 24.6 Å². The molecule has 0 aliphatic rings. The number of hydrogen-bond acceptors (Lipinski definition) is 2. The number of nitrogens with two attached hydrogens (primary N) is 1. The fraction of sp³-hybridized carbons (Fsp3) is 0.143. The molecule has 0 amide bonds. The zero-order valence-corrected chi connectivity index (χ0v) is 11.4. The Kier molecular flexibility index (Phi) is 4.00. The Bertz CT molecular complexity index is 520. The number of nitrogen functional groups attached to an aromatic ring is 1. The smallest absolute Gasteiger partial charge is 0.157 e. The lowest BCUT2D eigenvalue weighted by atomic mass is 10.1. The third-order valence-corrected chi connectivity index (χ3v) is 3.15. The lowest BCUT2D eigenvalue weighted by molar-refractivity contribution is 0.227. The van der Waals surface area contributed by atoms with Gasteiger partial charge in [0, 0.05) is 5.69 Å². The van der Waals surface area contributed by atoms with Crippen molar-refractivity contribution in [3.8, 4) is 5.75 Å². The summed E-state index contributed by atoms with van der Waals surface area (Å²) in [5.41, 5.74) is 7.22. The number of halogens is 2. The minimum Gasteiger partial charge on any atom is -0.483 e. The van der Waals surface area contributed by atoms with Crippen molar-refractivity contribution in [3.05, 3.63) is 58.1 Å². The van der Waals surface area contributed by atoms with Gasteiger partial charge in [-0.15, -0.1) is 0 Å². The first kappa shape index (κ1) is 13.1. The summed E-state index contributed by atoms with van der Waals surface area (Å²) in [6, 6.07) is 13.1. The van der Waals surface area contributed by atoms with Crippen LogP contribution in [0.3, 0.4) is 0 Å². The van der Waals surface area contributed by atoms with Crippen LogP contribution in [0.2, 0.25) is 10.0 Å². The number of benzene rings is 2. The molecule has 94 valence electrons. The molecule has 2 nitrogen and oxygen atoms in total. The van der Waals surface area contributed by atoms with Gasteiger partial charge in [0.2, 0.25) is 0 Å². The molecule has 18 heavy (non-hydrogen) atoms. The zero-order chi connectivity index (χ0) is 13.1. The highest BCUT2D eigenvalue weighted by atomic mass is 35.5. The molecule has 2 rings (SSSR count). The minimum atomic E-state index is -0.134. The second-order valence-electron chi connectivity index (χ2n) is 3.98. The van der Waals surface area contributed by atoms with E-state index < -0.39 is 0 Å². The molecule has 0 fully saturated rings. The van der Waals surface area contributed by atoms with E-state index in [2.05, 4.69) is 0 Å². The number of ether oxygens (including phenoxy) is 1. The van der Waals surface area contributed by atoms with Crippen molar-refractivity contribution in [2.45, 2.75) is 13.0 Å². The molecule has 0 aliphatic heterocycles. The van der Waals surface area contributed by atoms with Gasteiger partial charge in [0.25, 0.3) is 0 Å². The van der Waals surface area contributed by atoms with E-state index in [1.807, 2.05) is 37.3 Å². The lowest BCUT2D eigenvalue weighted by Gasteiger charge is -2.17. The van der Waals surface area contributed by atoms with E-state index >= 15 is 0 Å². The minimum absolute atomic E-state index is 0.134. The van der Waals surface area contributed by atoms with Crippen LogP contribution in [0, 0.1) is 0 Å². The predicted molar refractivity (Wildman–Crippen MR) is 76.4 cm³/mol. The Morgan fingerprint density at radius 1 is 1.06 bits per heavy atom. The van der Waals surface area contributed by atoms with Gasteiger partial charge in [-0.25, -0.2) is 0 Å². The van der Waals surface area contributed by atoms with E-state index in [1.165, 1.54) is 0 Å². The van der Waals surface area contributed by atoms with Crippen LogP contribution in [0.4, 0.5) is 5.69 Å². The molecule has 4 heteroatoms. The van der Waals surface area contributed by atoms with Gasteiger partial charge in [-0.1, -0.05) is 53.5 Å². The van der Waals surface area contributed by atoms with Crippen LogP contribution in [-0.4, -0.2) is 0 Å². The van der Waals surface area contributed by atoms with Crippen molar-refractivity contribution < 1.29 is 4.74 Å². The van der Waals surface area contributed by atoms with Gasteiger partial charge in [-0.3, -0.25) is 0 Å². The monoisotopic (exact) mass is 281 g/mol. The van der Waals surface area contributed by atoms with Gasteiger partial charge in [0.1, 0.15) is 6.10 Å². The standard InChI is InChI=1S/C14H13Cl2NO/c1-9(10-5-3-2-4-6-10)18-14-12(15)7-11(17)8-13(14)16/h2-9H,17H2,1H3. The maximum absolute atomic E-state index is 6.08. The van der Waals surface area contributed by atoms with Gasteiger partial charge in [0.05, 0.1) is 10.0 Å². The fourth-order valence-corrected chi connectivity index (χ4v) is 2.25. The summed E-state index contributed by atoms with van der Waals surface area (Å²) in [6.07, 6.45) is -0.134. The summed E-state index contributed by atoms with van der Waals surface area (Å²) >= 11 is 12.2. The Labute approximate surface area is 116 Å². The maximum Gasteiger partial charge on any atom is 0.157 e. The van der Waals surface area contributed by atoms with E-state index in [0.717, 1.165) is 5.56 Å². The van der Waals surface area contributed by atoms with Crippen LogP contribution in [-0.2, 0) is 0 Å². The number of anilines is 1. The summed E-state index contributed by atoms with van der Waals surface area (Å²) in [7, 11) is 0. The van der Waals surface area contributed by atoms with E-state index in [9.17, 15) is 0 Å². The predicted octanol–water partition coefficient (Wildman–Crippen LogP) is 4.72. The Balaban J connectivity index is 2.25. The van der Waals surface area contributed by atoms with E-state index in [0.29, 0.717) is 21.5 Å². The first-order chi connectivity index (χ1) is 8.58. The average molecular weight is 282 g/mol. The SMILES string of the molecule is CC(Oc1c(Cl)cc(N)cc1Cl)c1ccccc1. The van der Waals surface area contributed by atoms with Crippen molar-refractivity contribution >= 4 is 28.9 Å². The molecular weight excluding hydrogens is 269 g/mol. The first-order valence-corrected chi connectivity index (χ1v) is 6.29. The molecule has 1 atom stereocenters. The van der Waals surface area contributed by atoms with Gasteiger partial charge in [0.15, 0.2) is 5.75 Å². The summed E-state index contributed by atoms with van der Waals surface area (Å²) in [5.74, 6) is 0.462. The van der Waals surface area contributed by atoms with Crippen molar-refractivity contribution in [2.24, 2.45) is 0 Å². The summed E-state index contributed by atoms with van der Waals surface area (Å²) in [6.45, 7) is 1.94. The summed E-state index contributed by atoms with van der Waals surface area (Å²) in [5, 5.41) is 0.838. The van der Waals surface area contributed by atoms with Crippen LogP contribution in [0.15, 0.2) is 42.5 Å². The van der Waals surface area contributed by atoms with Crippen LogP contribution in [0.1, 0.15) is 18.6 Å². The molecule has 0 bridgehead atoms. The number of hydrogen-bond donors (Lipinski definition) is 1. The zero-order valence-electron chi connectivity index (χ0n) is 9.86. The molecule has 1 unspecified atom stereocenters. The quantitative estimate of drug-likeness (QED) is 0.827. The molecule has 2 aromatic carbocycles. The Hall–Kier alpha value is -1.38. The van der Waals surface area contributed by atoms with Gasteiger partial charge >= 0.3 is 0 Å². The van der Waals surface area contributed by atoms with Crippen molar-refractivity contribution in [1.29, 1.82) is 0 Å². The van der Waals surface area contributed by atoms with Crippen LogP contribution >= 0.6 is 23.2 Å². The summed E-state index contributed by atoms with van der Waals surface area (Å²) < 4.78 is 5.80. The Morgan fingerprint density at radius 2 is 1.61 bits per heavy atom. The van der Waals surface area contributed by atoms with Gasteiger partial charge < -0.3 is 10.5 Å². The highest BCUT2D eigenvalue weighted by Crippen LogP contribution is 2.37. The van der Waals surface area contributed by atoms with Crippen molar-refractivity contribution in [3.63, 3.8) is 0 Å². The first-order valence-electron chi connectivity index (χ1n) is 5.54. The molecule has 0 aromatic heterocycles. The van der Waals surface area contributed by atoms with E-state index in [4.69, 9.17) is 33.7 Å². The van der Waals surface area contributed by atoms with Gasteiger partial charge in [-0.2, -0.15) is 0 Å². The molecule has 0 radical (unpaired) electrons. The molecule has 0 saturated carbocycles. The highest BCUT2D eigenvalue weighted by Gasteiger charge is 2.13. The molecule has 0 aliphatic carbocycles. The van der Waals surface area contributed by atoms with Crippen molar-refractivity contribution in [1.82, 2.24) is 0 Å². The van der Waals surface area contributed by atoms with E-state index in [1.54, 1.807) is 12.1 Å². The fourth-order valence-electron chi connectivity index (χ4n) is 1.66. The van der Waals surface area contributed by atoms with Crippen LogP contribution in [0.5, 0.6) is 5.75 Å². The third kappa shape index (κ3) is 2.89.